The molecule has 0 bridgehead atoms. The highest BCUT2D eigenvalue weighted by molar-refractivity contribution is 7.99. The Hall–Kier alpha value is -1.15. The Balaban J connectivity index is 2.03. The van der Waals surface area contributed by atoms with Gasteiger partial charge in [0.15, 0.2) is 5.82 Å². The smallest absolute Gasteiger partial charge is 0.306 e. The van der Waals surface area contributed by atoms with E-state index < -0.39 is 12.1 Å². The normalized spacial score (nSPS) is 21.1. The molecule has 1 aliphatic heterocycles. The Morgan fingerprint density at radius 1 is 1.72 bits per heavy atom. The van der Waals surface area contributed by atoms with Gasteiger partial charge in [-0.1, -0.05) is 0 Å². The number of hydrogen-bond acceptors (Lipinski definition) is 6. The molecule has 0 spiro atoms. The number of tetrazole rings is 1. The van der Waals surface area contributed by atoms with E-state index in [9.17, 15) is 4.79 Å². The van der Waals surface area contributed by atoms with Gasteiger partial charge in [-0.15, -0.1) is 5.10 Å². The molecule has 1 saturated heterocycles. The molecule has 0 radical (unpaired) electrons. The topological polar surface area (TPSA) is 90.1 Å². The summed E-state index contributed by atoms with van der Waals surface area (Å²) in [4.78, 5) is 10.7. The zero-order chi connectivity index (χ0) is 13.0. The summed E-state index contributed by atoms with van der Waals surface area (Å²) in [5, 5.41) is 20.4. The minimum atomic E-state index is -0.882. The Morgan fingerprint density at radius 3 is 3.17 bits per heavy atom. The second-order valence-electron chi connectivity index (χ2n) is 4.24. The maximum absolute atomic E-state index is 10.7. The second kappa shape index (κ2) is 6.14. The minimum absolute atomic E-state index is 0.0464. The monoisotopic (exact) mass is 272 g/mol. The first-order valence-electron chi connectivity index (χ1n) is 5.79. The Morgan fingerprint density at radius 2 is 2.56 bits per heavy atom. The highest BCUT2D eigenvalue weighted by Gasteiger charge is 2.25. The summed E-state index contributed by atoms with van der Waals surface area (Å²) >= 11 is 1.89. The highest BCUT2D eigenvalue weighted by atomic mass is 32.2. The van der Waals surface area contributed by atoms with Crippen molar-refractivity contribution in [3.63, 3.8) is 0 Å². The SMILES string of the molecule is COC(CC(=O)O)Cn1nnnc1C1CCSC1. The number of carboxylic acids is 1. The number of aliphatic carboxylic acids is 1. The van der Waals surface area contributed by atoms with Crippen LogP contribution in [0.1, 0.15) is 24.6 Å². The number of ether oxygens (including phenoxy) is 1. The van der Waals surface area contributed by atoms with Gasteiger partial charge in [-0.2, -0.15) is 11.8 Å². The summed E-state index contributed by atoms with van der Waals surface area (Å²) in [6, 6.07) is 0. The van der Waals surface area contributed by atoms with E-state index in [2.05, 4.69) is 15.5 Å². The van der Waals surface area contributed by atoms with Gasteiger partial charge in [0.1, 0.15) is 0 Å². The minimum Gasteiger partial charge on any atom is -0.481 e. The molecule has 100 valence electrons. The molecule has 1 aromatic rings. The number of carbonyl (C=O) groups is 1. The lowest BCUT2D eigenvalue weighted by atomic mass is 10.1. The van der Waals surface area contributed by atoms with Crippen molar-refractivity contribution in [1.29, 1.82) is 0 Å². The van der Waals surface area contributed by atoms with Crippen LogP contribution in [0.25, 0.3) is 0 Å². The van der Waals surface area contributed by atoms with Crippen LogP contribution in [0.5, 0.6) is 0 Å². The van der Waals surface area contributed by atoms with E-state index in [4.69, 9.17) is 9.84 Å². The predicted octanol–water partition coefficient (Wildman–Crippen LogP) is 0.383. The standard InChI is InChI=1S/C10H16N4O3S/c1-17-8(4-9(15)16)5-14-10(11-12-13-14)7-2-3-18-6-7/h7-8H,2-6H2,1H3,(H,15,16). The van der Waals surface area contributed by atoms with Crippen LogP contribution < -0.4 is 0 Å². The summed E-state index contributed by atoms with van der Waals surface area (Å²) in [5.41, 5.74) is 0. The lowest BCUT2D eigenvalue weighted by Gasteiger charge is -2.15. The van der Waals surface area contributed by atoms with Crippen molar-refractivity contribution in [2.75, 3.05) is 18.6 Å². The molecule has 1 aliphatic rings. The van der Waals surface area contributed by atoms with Crippen LogP contribution in [-0.2, 0) is 16.1 Å². The van der Waals surface area contributed by atoms with Gasteiger partial charge in [-0.25, -0.2) is 4.68 Å². The molecule has 2 atom stereocenters. The van der Waals surface area contributed by atoms with Gasteiger partial charge in [0, 0.05) is 18.8 Å². The van der Waals surface area contributed by atoms with E-state index in [0.29, 0.717) is 12.5 Å². The molecule has 8 heteroatoms. The molecule has 18 heavy (non-hydrogen) atoms. The van der Waals surface area contributed by atoms with Gasteiger partial charge in [0.05, 0.1) is 19.1 Å². The van der Waals surface area contributed by atoms with Gasteiger partial charge in [-0.3, -0.25) is 4.79 Å². The van der Waals surface area contributed by atoms with Crippen LogP contribution >= 0.6 is 11.8 Å². The second-order valence-corrected chi connectivity index (χ2v) is 5.39. The third-order valence-corrected chi connectivity index (χ3v) is 4.13. The van der Waals surface area contributed by atoms with Crippen molar-refractivity contribution in [3.8, 4) is 0 Å². The lowest BCUT2D eigenvalue weighted by molar-refractivity contribution is -0.140. The van der Waals surface area contributed by atoms with Crippen molar-refractivity contribution < 1.29 is 14.6 Å². The summed E-state index contributed by atoms with van der Waals surface area (Å²) in [6.45, 7) is 0.381. The molecule has 1 N–H and O–H groups in total. The number of thioether (sulfide) groups is 1. The van der Waals surface area contributed by atoms with Crippen LogP contribution in [0.2, 0.25) is 0 Å². The molecule has 0 amide bonds. The summed E-state index contributed by atoms with van der Waals surface area (Å²) < 4.78 is 6.82. The van der Waals surface area contributed by atoms with Crippen LogP contribution in [0.4, 0.5) is 0 Å². The fourth-order valence-corrected chi connectivity index (χ4v) is 3.20. The maximum atomic E-state index is 10.7. The summed E-state index contributed by atoms with van der Waals surface area (Å²) in [5.74, 6) is 2.48. The van der Waals surface area contributed by atoms with E-state index in [-0.39, 0.29) is 6.42 Å². The summed E-state index contributed by atoms with van der Waals surface area (Å²) in [7, 11) is 1.50. The summed E-state index contributed by atoms with van der Waals surface area (Å²) in [6.07, 6.45) is 0.621. The van der Waals surface area contributed by atoms with E-state index in [1.54, 1.807) is 4.68 Å². The zero-order valence-corrected chi connectivity index (χ0v) is 11.0. The van der Waals surface area contributed by atoms with E-state index in [1.807, 2.05) is 11.8 Å². The largest absolute Gasteiger partial charge is 0.481 e. The van der Waals surface area contributed by atoms with Crippen LogP contribution in [0.3, 0.4) is 0 Å². The zero-order valence-electron chi connectivity index (χ0n) is 10.2. The van der Waals surface area contributed by atoms with Crippen molar-refractivity contribution in [1.82, 2.24) is 20.2 Å². The quantitative estimate of drug-likeness (QED) is 0.800. The molecule has 2 unspecified atom stereocenters. The lowest BCUT2D eigenvalue weighted by Crippen LogP contribution is -2.24. The average Bonchev–Trinajstić information content (AvgIpc) is 2.96. The van der Waals surface area contributed by atoms with Crippen molar-refractivity contribution >= 4 is 17.7 Å². The molecule has 0 aliphatic carbocycles. The first-order valence-corrected chi connectivity index (χ1v) is 6.94. The molecular weight excluding hydrogens is 256 g/mol. The number of carboxylic acid groups (broad SMARTS) is 1. The number of rotatable bonds is 6. The molecule has 2 heterocycles. The number of aromatic nitrogens is 4. The Labute approximate surface area is 109 Å². The van der Waals surface area contributed by atoms with Gasteiger partial charge in [-0.05, 0) is 22.6 Å². The molecule has 1 fully saturated rings. The van der Waals surface area contributed by atoms with Crippen molar-refractivity contribution in [2.24, 2.45) is 0 Å². The Kier molecular flexibility index (Phi) is 4.54. The molecule has 2 rings (SSSR count). The number of nitrogens with zero attached hydrogens (tertiary/aromatic N) is 4. The van der Waals surface area contributed by atoms with Gasteiger partial charge in [0.25, 0.3) is 0 Å². The van der Waals surface area contributed by atoms with Gasteiger partial charge < -0.3 is 9.84 Å². The maximum Gasteiger partial charge on any atom is 0.306 e. The third kappa shape index (κ3) is 3.20. The fourth-order valence-electron chi connectivity index (χ4n) is 1.98. The first-order chi connectivity index (χ1) is 8.70. The Bertz CT molecular complexity index is 406. The molecule has 0 saturated carbocycles. The third-order valence-electron chi connectivity index (χ3n) is 2.97. The first kappa shape index (κ1) is 13.3. The van der Waals surface area contributed by atoms with Crippen molar-refractivity contribution in [2.45, 2.75) is 31.4 Å². The number of methoxy groups -OCH3 is 1. The fraction of sp³-hybridized carbons (Fsp3) is 0.800. The average molecular weight is 272 g/mol. The van der Waals surface area contributed by atoms with E-state index in [1.165, 1.54) is 7.11 Å². The van der Waals surface area contributed by atoms with Crippen LogP contribution in [0, 0.1) is 0 Å². The molecule has 7 nitrogen and oxygen atoms in total. The molecule has 0 aromatic carbocycles. The predicted molar refractivity (Wildman–Crippen MR) is 65.5 cm³/mol. The van der Waals surface area contributed by atoms with Crippen LogP contribution in [0.15, 0.2) is 0 Å². The van der Waals surface area contributed by atoms with E-state index >= 15 is 0 Å². The van der Waals surface area contributed by atoms with Gasteiger partial charge in [0.2, 0.25) is 0 Å². The van der Waals surface area contributed by atoms with Gasteiger partial charge >= 0.3 is 5.97 Å². The highest BCUT2D eigenvalue weighted by Crippen LogP contribution is 2.30. The van der Waals surface area contributed by atoms with E-state index in [0.717, 1.165) is 23.8 Å². The molecular formula is C10H16N4O3S. The number of hydrogen-bond donors (Lipinski definition) is 1. The van der Waals surface area contributed by atoms with Crippen LogP contribution in [-0.4, -0.2) is 56.0 Å². The van der Waals surface area contributed by atoms with Crippen molar-refractivity contribution in [3.05, 3.63) is 5.82 Å². The molecule has 1 aromatic heterocycles.